The summed E-state index contributed by atoms with van der Waals surface area (Å²) in [6.45, 7) is 3.01. The highest BCUT2D eigenvalue weighted by molar-refractivity contribution is 5.11. The standard InChI is InChI=1S/C12H23N3O/c1-5-10-8-11(15(4)13-10)9-12(16)6-7-14(2)3/h8,12,16H,5-7,9H2,1-4H3. The highest BCUT2D eigenvalue weighted by Crippen LogP contribution is 2.08. The molecule has 4 heteroatoms. The molecular formula is C12H23N3O. The van der Waals surface area contributed by atoms with Gasteiger partial charge in [0, 0.05) is 19.2 Å². The van der Waals surface area contributed by atoms with E-state index in [2.05, 4.69) is 23.0 Å². The third-order valence-corrected chi connectivity index (χ3v) is 2.74. The van der Waals surface area contributed by atoms with E-state index in [-0.39, 0.29) is 6.10 Å². The van der Waals surface area contributed by atoms with E-state index < -0.39 is 0 Å². The van der Waals surface area contributed by atoms with E-state index in [4.69, 9.17) is 0 Å². The monoisotopic (exact) mass is 225 g/mol. The Labute approximate surface area is 97.9 Å². The maximum atomic E-state index is 9.89. The van der Waals surface area contributed by atoms with Gasteiger partial charge in [-0.25, -0.2) is 0 Å². The highest BCUT2D eigenvalue weighted by atomic mass is 16.3. The Bertz CT molecular complexity index is 320. The normalized spacial score (nSPS) is 13.4. The number of nitrogens with zero attached hydrogens (tertiary/aromatic N) is 3. The number of hydrogen-bond acceptors (Lipinski definition) is 3. The average Bonchev–Trinajstić information content (AvgIpc) is 2.57. The van der Waals surface area contributed by atoms with Gasteiger partial charge >= 0.3 is 0 Å². The first-order valence-electron chi connectivity index (χ1n) is 5.87. The fourth-order valence-corrected chi connectivity index (χ4v) is 1.69. The van der Waals surface area contributed by atoms with Gasteiger partial charge in [0.1, 0.15) is 0 Å². The zero-order chi connectivity index (χ0) is 12.1. The van der Waals surface area contributed by atoms with Gasteiger partial charge in [0.15, 0.2) is 0 Å². The van der Waals surface area contributed by atoms with Crippen molar-refractivity contribution < 1.29 is 5.11 Å². The van der Waals surface area contributed by atoms with Crippen LogP contribution in [0.5, 0.6) is 0 Å². The predicted molar refractivity (Wildman–Crippen MR) is 65.5 cm³/mol. The number of aryl methyl sites for hydroxylation is 2. The van der Waals surface area contributed by atoms with Crippen LogP contribution in [0.4, 0.5) is 0 Å². The van der Waals surface area contributed by atoms with Crippen molar-refractivity contribution >= 4 is 0 Å². The SMILES string of the molecule is CCc1cc(CC(O)CCN(C)C)n(C)n1. The minimum Gasteiger partial charge on any atom is -0.393 e. The first-order valence-corrected chi connectivity index (χ1v) is 5.87. The number of rotatable bonds is 6. The van der Waals surface area contributed by atoms with Gasteiger partial charge in [-0.3, -0.25) is 4.68 Å². The molecule has 1 N–H and O–H groups in total. The second-order valence-corrected chi connectivity index (χ2v) is 4.55. The zero-order valence-corrected chi connectivity index (χ0v) is 10.8. The molecule has 1 rings (SSSR count). The largest absolute Gasteiger partial charge is 0.393 e. The Hall–Kier alpha value is -0.870. The van der Waals surface area contributed by atoms with Crippen LogP contribution in [-0.4, -0.2) is 46.5 Å². The fourth-order valence-electron chi connectivity index (χ4n) is 1.69. The molecule has 0 aliphatic heterocycles. The molecule has 1 heterocycles. The Balaban J connectivity index is 2.48. The molecule has 1 atom stereocenters. The van der Waals surface area contributed by atoms with Crippen LogP contribution in [0, 0.1) is 0 Å². The van der Waals surface area contributed by atoms with E-state index in [9.17, 15) is 5.11 Å². The molecule has 4 nitrogen and oxygen atoms in total. The van der Waals surface area contributed by atoms with Gasteiger partial charge in [0.2, 0.25) is 0 Å². The van der Waals surface area contributed by atoms with Gasteiger partial charge in [-0.15, -0.1) is 0 Å². The topological polar surface area (TPSA) is 41.3 Å². The summed E-state index contributed by atoms with van der Waals surface area (Å²) in [6, 6.07) is 2.08. The Morgan fingerprint density at radius 3 is 2.69 bits per heavy atom. The van der Waals surface area contributed by atoms with E-state index in [1.165, 1.54) is 0 Å². The molecule has 1 aromatic heterocycles. The molecule has 0 spiro atoms. The minimum absolute atomic E-state index is 0.275. The van der Waals surface area contributed by atoms with E-state index in [0.717, 1.165) is 30.8 Å². The molecular weight excluding hydrogens is 202 g/mol. The summed E-state index contributed by atoms with van der Waals surface area (Å²) in [4.78, 5) is 2.09. The molecule has 0 bridgehead atoms. The quantitative estimate of drug-likeness (QED) is 0.780. The molecule has 92 valence electrons. The molecule has 0 saturated carbocycles. The van der Waals surface area contributed by atoms with Crippen molar-refractivity contribution in [3.05, 3.63) is 17.5 Å². The lowest BCUT2D eigenvalue weighted by molar-refractivity contribution is 0.150. The first-order chi connectivity index (χ1) is 7.52. The van der Waals surface area contributed by atoms with Crippen molar-refractivity contribution in [1.29, 1.82) is 0 Å². The maximum absolute atomic E-state index is 9.89. The van der Waals surface area contributed by atoms with Crippen LogP contribution in [-0.2, 0) is 19.9 Å². The molecule has 0 fully saturated rings. The van der Waals surface area contributed by atoms with Crippen molar-refractivity contribution in [2.24, 2.45) is 7.05 Å². The molecule has 0 aromatic carbocycles. The van der Waals surface area contributed by atoms with Gasteiger partial charge in [-0.05, 0) is 39.5 Å². The lowest BCUT2D eigenvalue weighted by atomic mass is 10.1. The molecule has 16 heavy (non-hydrogen) atoms. The zero-order valence-electron chi connectivity index (χ0n) is 10.8. The van der Waals surface area contributed by atoms with Crippen molar-refractivity contribution in [2.75, 3.05) is 20.6 Å². The number of aliphatic hydroxyl groups excluding tert-OH is 1. The van der Waals surface area contributed by atoms with Crippen molar-refractivity contribution in [2.45, 2.75) is 32.3 Å². The Kier molecular flexibility index (Phi) is 4.96. The second-order valence-electron chi connectivity index (χ2n) is 4.55. The molecule has 0 radical (unpaired) electrons. The molecule has 0 aliphatic rings. The summed E-state index contributed by atoms with van der Waals surface area (Å²) in [5.41, 5.74) is 2.21. The van der Waals surface area contributed by atoms with Gasteiger partial charge in [-0.1, -0.05) is 6.92 Å². The number of aromatic nitrogens is 2. The summed E-state index contributed by atoms with van der Waals surface area (Å²) in [5.74, 6) is 0. The van der Waals surface area contributed by atoms with Gasteiger partial charge in [0.05, 0.1) is 11.8 Å². The number of aliphatic hydroxyl groups is 1. The maximum Gasteiger partial charge on any atom is 0.0624 e. The van der Waals surface area contributed by atoms with Crippen molar-refractivity contribution in [1.82, 2.24) is 14.7 Å². The molecule has 1 unspecified atom stereocenters. The molecule has 1 aromatic rings. The molecule has 0 aliphatic carbocycles. The van der Waals surface area contributed by atoms with Crippen LogP contribution in [0.15, 0.2) is 6.07 Å². The van der Waals surface area contributed by atoms with Crippen LogP contribution in [0.1, 0.15) is 24.7 Å². The molecule has 0 amide bonds. The van der Waals surface area contributed by atoms with E-state index in [1.54, 1.807) is 0 Å². The van der Waals surface area contributed by atoms with E-state index in [0.29, 0.717) is 6.42 Å². The smallest absolute Gasteiger partial charge is 0.0624 e. The van der Waals surface area contributed by atoms with Crippen molar-refractivity contribution in [3.63, 3.8) is 0 Å². The summed E-state index contributed by atoms with van der Waals surface area (Å²) in [6.07, 6.45) is 2.17. The second kappa shape index (κ2) is 6.01. The van der Waals surface area contributed by atoms with Crippen LogP contribution < -0.4 is 0 Å². The summed E-state index contributed by atoms with van der Waals surface area (Å²) < 4.78 is 1.87. The predicted octanol–water partition coefficient (Wildman–Crippen LogP) is 0.838. The van der Waals surface area contributed by atoms with E-state index >= 15 is 0 Å². The number of hydrogen-bond donors (Lipinski definition) is 1. The lowest BCUT2D eigenvalue weighted by Gasteiger charge is -2.14. The van der Waals surface area contributed by atoms with Gasteiger partial charge < -0.3 is 10.0 Å². The Morgan fingerprint density at radius 2 is 2.19 bits per heavy atom. The third-order valence-electron chi connectivity index (χ3n) is 2.74. The van der Waals surface area contributed by atoms with Crippen LogP contribution >= 0.6 is 0 Å². The summed E-state index contributed by atoms with van der Waals surface area (Å²) in [5, 5.41) is 14.3. The average molecular weight is 225 g/mol. The first kappa shape index (κ1) is 13.2. The Morgan fingerprint density at radius 1 is 1.50 bits per heavy atom. The molecule has 0 saturated heterocycles. The van der Waals surface area contributed by atoms with Crippen LogP contribution in [0.3, 0.4) is 0 Å². The van der Waals surface area contributed by atoms with Crippen LogP contribution in [0.25, 0.3) is 0 Å². The lowest BCUT2D eigenvalue weighted by Crippen LogP contribution is -2.21. The van der Waals surface area contributed by atoms with Crippen LogP contribution in [0.2, 0.25) is 0 Å². The highest BCUT2D eigenvalue weighted by Gasteiger charge is 2.10. The summed E-state index contributed by atoms with van der Waals surface area (Å²) >= 11 is 0. The van der Waals surface area contributed by atoms with Crippen molar-refractivity contribution in [3.8, 4) is 0 Å². The van der Waals surface area contributed by atoms with Gasteiger partial charge in [0.25, 0.3) is 0 Å². The third kappa shape index (κ3) is 3.94. The summed E-state index contributed by atoms with van der Waals surface area (Å²) in [7, 11) is 5.98. The minimum atomic E-state index is -0.275. The van der Waals surface area contributed by atoms with Gasteiger partial charge in [-0.2, -0.15) is 5.10 Å². The fraction of sp³-hybridized carbons (Fsp3) is 0.750. The van der Waals surface area contributed by atoms with E-state index in [1.807, 2.05) is 25.8 Å².